The molecular formula is C12H16N3O2+. The number of ether oxygens (including phenoxy) is 1. The quantitative estimate of drug-likeness (QED) is 0.464. The van der Waals surface area contributed by atoms with E-state index in [2.05, 4.69) is 0 Å². The number of anilines is 1. The minimum Gasteiger partial charge on any atom is -0.508 e. The van der Waals surface area contributed by atoms with Crippen LogP contribution in [-0.2, 0) is 13.6 Å². The van der Waals surface area contributed by atoms with E-state index in [1.54, 1.807) is 6.07 Å². The summed E-state index contributed by atoms with van der Waals surface area (Å²) >= 11 is 0. The average Bonchev–Trinajstić information content (AvgIpc) is 2.69. The highest BCUT2D eigenvalue weighted by atomic mass is 16.5. The second-order valence-corrected chi connectivity index (χ2v) is 3.89. The summed E-state index contributed by atoms with van der Waals surface area (Å²) in [5.41, 5.74) is 6.25. The van der Waals surface area contributed by atoms with Crippen LogP contribution in [0.3, 0.4) is 0 Å². The molecule has 0 atom stereocenters. The number of phenolic OH excluding ortho intramolecular Hbond substituents is 1. The van der Waals surface area contributed by atoms with Gasteiger partial charge in [0.05, 0.1) is 12.7 Å². The maximum absolute atomic E-state index is 9.31. The molecule has 0 bridgehead atoms. The van der Waals surface area contributed by atoms with E-state index in [-0.39, 0.29) is 5.75 Å². The lowest BCUT2D eigenvalue weighted by Gasteiger charge is -2.07. The van der Waals surface area contributed by atoms with Crippen LogP contribution >= 0.6 is 0 Å². The van der Waals surface area contributed by atoms with Crippen LogP contribution in [0.4, 0.5) is 5.69 Å². The Labute approximate surface area is 99.7 Å². The van der Waals surface area contributed by atoms with Gasteiger partial charge in [-0.2, -0.15) is 0 Å². The molecule has 3 N–H and O–H groups in total. The Balaban J connectivity index is 1.91. The fourth-order valence-electron chi connectivity index (χ4n) is 1.54. The van der Waals surface area contributed by atoms with Crippen LogP contribution in [0, 0.1) is 0 Å². The van der Waals surface area contributed by atoms with E-state index in [4.69, 9.17) is 10.5 Å². The number of rotatable bonds is 4. The molecule has 2 aromatic rings. The number of phenols is 1. The number of nitrogen functional groups attached to an aromatic ring is 1. The molecule has 0 saturated carbocycles. The molecule has 1 heterocycles. The maximum atomic E-state index is 9.31. The summed E-state index contributed by atoms with van der Waals surface area (Å²) in [6.45, 7) is 1.23. The van der Waals surface area contributed by atoms with E-state index in [0.29, 0.717) is 18.0 Å². The first-order valence-corrected chi connectivity index (χ1v) is 5.37. The van der Waals surface area contributed by atoms with Crippen molar-refractivity contribution in [2.45, 2.75) is 6.54 Å². The van der Waals surface area contributed by atoms with Gasteiger partial charge in [-0.3, -0.25) is 0 Å². The fourth-order valence-corrected chi connectivity index (χ4v) is 1.54. The van der Waals surface area contributed by atoms with E-state index in [9.17, 15) is 5.11 Å². The van der Waals surface area contributed by atoms with Crippen LogP contribution < -0.4 is 15.0 Å². The Morgan fingerprint density at radius 3 is 3.00 bits per heavy atom. The van der Waals surface area contributed by atoms with Gasteiger partial charge in [0.25, 0.3) is 0 Å². The lowest BCUT2D eigenvalue weighted by Crippen LogP contribution is -2.24. The summed E-state index contributed by atoms with van der Waals surface area (Å²) in [6.07, 6.45) is 5.90. The van der Waals surface area contributed by atoms with E-state index in [1.165, 1.54) is 12.1 Å². The van der Waals surface area contributed by atoms with Gasteiger partial charge in [-0.25, -0.2) is 9.13 Å². The van der Waals surface area contributed by atoms with Crippen LogP contribution in [0.1, 0.15) is 0 Å². The largest absolute Gasteiger partial charge is 0.508 e. The fraction of sp³-hybridized carbons (Fsp3) is 0.250. The minimum absolute atomic E-state index is 0.154. The molecule has 0 unspecified atom stereocenters. The van der Waals surface area contributed by atoms with Gasteiger partial charge in [0.2, 0.25) is 6.33 Å². The number of aromatic nitrogens is 2. The van der Waals surface area contributed by atoms with Crippen molar-refractivity contribution in [3.8, 4) is 11.5 Å². The molecule has 2 rings (SSSR count). The SMILES string of the molecule is C[n+]1ccn(CCOc2cc(O)ccc2N)c1. The van der Waals surface area contributed by atoms with Crippen LogP contribution in [0.25, 0.3) is 0 Å². The second kappa shape index (κ2) is 4.78. The summed E-state index contributed by atoms with van der Waals surface area (Å²) in [4.78, 5) is 0. The van der Waals surface area contributed by atoms with Gasteiger partial charge in [-0.1, -0.05) is 0 Å². The number of benzene rings is 1. The van der Waals surface area contributed by atoms with Crippen LogP contribution in [0.15, 0.2) is 36.9 Å². The topological polar surface area (TPSA) is 64.3 Å². The molecule has 5 nitrogen and oxygen atoms in total. The van der Waals surface area contributed by atoms with Gasteiger partial charge in [0, 0.05) is 6.07 Å². The first kappa shape index (κ1) is 11.3. The van der Waals surface area contributed by atoms with Crippen LogP contribution in [-0.4, -0.2) is 16.3 Å². The van der Waals surface area contributed by atoms with E-state index in [1.807, 2.05) is 34.9 Å². The number of aromatic hydroxyl groups is 1. The summed E-state index contributed by atoms with van der Waals surface area (Å²) in [5.74, 6) is 0.670. The summed E-state index contributed by atoms with van der Waals surface area (Å²) in [5, 5.41) is 9.31. The predicted molar refractivity (Wildman–Crippen MR) is 63.6 cm³/mol. The normalized spacial score (nSPS) is 10.4. The highest BCUT2D eigenvalue weighted by molar-refractivity contribution is 5.55. The zero-order valence-electron chi connectivity index (χ0n) is 9.71. The standard InChI is InChI=1S/C12H15N3O2/c1-14-4-5-15(9-14)6-7-17-12-8-10(16)2-3-11(12)13/h2-5,8-9H,6-7,13H2,1H3/p+1. The van der Waals surface area contributed by atoms with E-state index < -0.39 is 0 Å². The van der Waals surface area contributed by atoms with Crippen LogP contribution in [0.5, 0.6) is 11.5 Å². The average molecular weight is 234 g/mol. The Hall–Kier alpha value is -2.17. The monoisotopic (exact) mass is 234 g/mol. The zero-order chi connectivity index (χ0) is 12.3. The molecule has 0 aliphatic rings. The van der Waals surface area contributed by atoms with Crippen molar-refractivity contribution >= 4 is 5.69 Å². The molecule has 17 heavy (non-hydrogen) atoms. The Bertz CT molecular complexity index is 508. The van der Waals surface area contributed by atoms with Crippen molar-refractivity contribution in [2.24, 2.45) is 7.05 Å². The maximum Gasteiger partial charge on any atom is 0.243 e. The van der Waals surface area contributed by atoms with Crippen molar-refractivity contribution < 1.29 is 14.4 Å². The van der Waals surface area contributed by atoms with Gasteiger partial charge >= 0.3 is 0 Å². The number of aryl methyl sites for hydroxylation is 1. The highest BCUT2D eigenvalue weighted by Crippen LogP contribution is 2.25. The molecule has 0 amide bonds. The highest BCUT2D eigenvalue weighted by Gasteiger charge is 2.04. The van der Waals surface area contributed by atoms with Gasteiger partial charge in [-0.05, 0) is 12.1 Å². The zero-order valence-corrected chi connectivity index (χ0v) is 9.71. The lowest BCUT2D eigenvalue weighted by molar-refractivity contribution is -0.671. The third kappa shape index (κ3) is 2.90. The molecule has 5 heteroatoms. The second-order valence-electron chi connectivity index (χ2n) is 3.89. The molecule has 0 saturated heterocycles. The minimum atomic E-state index is 0.154. The number of hydrogen-bond acceptors (Lipinski definition) is 3. The van der Waals surface area contributed by atoms with Crippen LogP contribution in [0.2, 0.25) is 0 Å². The number of nitrogens with zero attached hydrogens (tertiary/aromatic N) is 2. The molecule has 0 radical (unpaired) electrons. The van der Waals surface area contributed by atoms with Crippen molar-refractivity contribution in [3.63, 3.8) is 0 Å². The third-order valence-electron chi connectivity index (χ3n) is 2.43. The summed E-state index contributed by atoms with van der Waals surface area (Å²) in [6, 6.07) is 4.68. The molecule has 1 aromatic heterocycles. The van der Waals surface area contributed by atoms with Gasteiger partial charge in [0.15, 0.2) is 0 Å². The lowest BCUT2D eigenvalue weighted by atomic mass is 10.3. The third-order valence-corrected chi connectivity index (χ3v) is 2.43. The van der Waals surface area contributed by atoms with Gasteiger partial charge in [-0.15, -0.1) is 0 Å². The van der Waals surface area contributed by atoms with Crippen molar-refractivity contribution in [1.29, 1.82) is 0 Å². The first-order chi connectivity index (χ1) is 8.15. The molecular weight excluding hydrogens is 218 g/mol. The molecule has 0 aliphatic heterocycles. The molecule has 90 valence electrons. The number of imidazole rings is 1. The van der Waals surface area contributed by atoms with Crippen molar-refractivity contribution in [1.82, 2.24) is 4.57 Å². The number of nitrogens with two attached hydrogens (primary N) is 1. The van der Waals surface area contributed by atoms with Crippen molar-refractivity contribution in [2.75, 3.05) is 12.3 Å². The molecule has 1 aromatic carbocycles. The molecule has 0 fully saturated rings. The smallest absolute Gasteiger partial charge is 0.243 e. The van der Waals surface area contributed by atoms with E-state index in [0.717, 1.165) is 6.54 Å². The number of hydrogen-bond donors (Lipinski definition) is 2. The first-order valence-electron chi connectivity index (χ1n) is 5.37. The summed E-state index contributed by atoms with van der Waals surface area (Å²) < 4.78 is 9.49. The van der Waals surface area contributed by atoms with Gasteiger partial charge in [0.1, 0.15) is 37.0 Å². The predicted octanol–water partition coefficient (Wildman–Crippen LogP) is 0.679. The van der Waals surface area contributed by atoms with Gasteiger partial charge < -0.3 is 15.6 Å². The molecule has 0 aliphatic carbocycles. The molecule has 0 spiro atoms. The van der Waals surface area contributed by atoms with E-state index >= 15 is 0 Å². The Morgan fingerprint density at radius 1 is 1.47 bits per heavy atom. The van der Waals surface area contributed by atoms with Crippen molar-refractivity contribution in [3.05, 3.63) is 36.9 Å². The summed E-state index contributed by atoms with van der Waals surface area (Å²) in [7, 11) is 1.96. The Kier molecular flexibility index (Phi) is 3.18. The Morgan fingerprint density at radius 2 is 2.29 bits per heavy atom.